The number of hydrogen-bond donors (Lipinski definition) is 1. The second-order valence-electron chi connectivity index (χ2n) is 8.19. The third-order valence-corrected chi connectivity index (χ3v) is 5.34. The number of rotatable bonds is 12. The summed E-state index contributed by atoms with van der Waals surface area (Å²) in [6, 6.07) is 5.14. The predicted molar refractivity (Wildman–Crippen MR) is 108 cm³/mol. The molecule has 3 atom stereocenters. The SMILES string of the molecule is CCCC[C@H](CCC(C)C)C(=O)[C@H](C)CC(C)c1ccc(O)c(C=O)c1. The van der Waals surface area contributed by atoms with Crippen molar-refractivity contribution in [2.24, 2.45) is 17.8 Å². The minimum atomic E-state index is 0.00695. The first kappa shape index (κ1) is 22.4. The average Bonchev–Trinajstić information content (AvgIpc) is 2.61. The Balaban J connectivity index is 2.76. The molecule has 0 bridgehead atoms. The van der Waals surface area contributed by atoms with Crippen LogP contribution < -0.4 is 0 Å². The summed E-state index contributed by atoms with van der Waals surface area (Å²) >= 11 is 0. The van der Waals surface area contributed by atoms with E-state index in [0.717, 1.165) is 44.1 Å². The minimum Gasteiger partial charge on any atom is -0.507 e. The van der Waals surface area contributed by atoms with Crippen LogP contribution >= 0.6 is 0 Å². The van der Waals surface area contributed by atoms with E-state index in [-0.39, 0.29) is 23.5 Å². The van der Waals surface area contributed by atoms with Crippen LogP contribution in [0, 0.1) is 17.8 Å². The largest absolute Gasteiger partial charge is 0.507 e. The minimum absolute atomic E-state index is 0.00695. The number of phenols is 1. The number of benzene rings is 1. The van der Waals surface area contributed by atoms with E-state index in [9.17, 15) is 14.7 Å². The van der Waals surface area contributed by atoms with Crippen LogP contribution in [0.1, 0.15) is 95.0 Å². The Morgan fingerprint density at radius 3 is 2.38 bits per heavy atom. The van der Waals surface area contributed by atoms with Crippen molar-refractivity contribution in [3.8, 4) is 5.75 Å². The van der Waals surface area contributed by atoms with Gasteiger partial charge in [-0.15, -0.1) is 0 Å². The van der Waals surface area contributed by atoms with Crippen LogP contribution in [-0.2, 0) is 4.79 Å². The molecule has 0 saturated carbocycles. The molecule has 0 aliphatic rings. The van der Waals surface area contributed by atoms with Crippen molar-refractivity contribution in [3.63, 3.8) is 0 Å². The van der Waals surface area contributed by atoms with Gasteiger partial charge in [-0.3, -0.25) is 9.59 Å². The highest BCUT2D eigenvalue weighted by Gasteiger charge is 2.25. The molecule has 3 heteroatoms. The van der Waals surface area contributed by atoms with Gasteiger partial charge in [0.15, 0.2) is 6.29 Å². The van der Waals surface area contributed by atoms with Gasteiger partial charge in [-0.05, 0) is 48.8 Å². The van der Waals surface area contributed by atoms with Crippen molar-refractivity contribution in [2.45, 2.75) is 79.1 Å². The van der Waals surface area contributed by atoms with E-state index in [1.165, 1.54) is 0 Å². The molecule has 0 heterocycles. The molecule has 146 valence electrons. The van der Waals surface area contributed by atoms with Crippen molar-refractivity contribution in [1.82, 2.24) is 0 Å². The molecule has 0 fully saturated rings. The quantitative estimate of drug-likeness (QED) is 0.455. The first-order valence-corrected chi connectivity index (χ1v) is 10.1. The lowest BCUT2D eigenvalue weighted by atomic mass is 9.80. The number of phenolic OH excluding ortho intramolecular Hbond substituents is 1. The maximum absolute atomic E-state index is 13.0. The van der Waals surface area contributed by atoms with E-state index < -0.39 is 0 Å². The Morgan fingerprint density at radius 1 is 1.12 bits per heavy atom. The lowest BCUT2D eigenvalue weighted by molar-refractivity contribution is -0.127. The van der Waals surface area contributed by atoms with Crippen LogP contribution in [0.3, 0.4) is 0 Å². The van der Waals surface area contributed by atoms with Gasteiger partial charge in [0.1, 0.15) is 11.5 Å². The lowest BCUT2D eigenvalue weighted by Gasteiger charge is -2.23. The zero-order chi connectivity index (χ0) is 19.7. The predicted octanol–water partition coefficient (Wildman–Crippen LogP) is 6.15. The fourth-order valence-electron chi connectivity index (χ4n) is 3.57. The van der Waals surface area contributed by atoms with E-state index in [2.05, 4.69) is 27.7 Å². The topological polar surface area (TPSA) is 54.4 Å². The third kappa shape index (κ3) is 6.93. The van der Waals surface area contributed by atoms with Gasteiger partial charge in [0, 0.05) is 11.8 Å². The number of unbranched alkanes of at least 4 members (excludes halogenated alkanes) is 1. The van der Waals surface area contributed by atoms with Crippen molar-refractivity contribution in [2.75, 3.05) is 0 Å². The smallest absolute Gasteiger partial charge is 0.153 e. The van der Waals surface area contributed by atoms with E-state index in [1.807, 2.05) is 13.0 Å². The highest BCUT2D eigenvalue weighted by atomic mass is 16.3. The monoisotopic (exact) mass is 360 g/mol. The molecule has 1 rings (SSSR count). The first-order valence-electron chi connectivity index (χ1n) is 10.1. The molecule has 0 aliphatic carbocycles. The van der Waals surface area contributed by atoms with Gasteiger partial charge in [0.25, 0.3) is 0 Å². The Morgan fingerprint density at radius 2 is 1.81 bits per heavy atom. The molecule has 0 saturated heterocycles. The van der Waals surface area contributed by atoms with E-state index >= 15 is 0 Å². The van der Waals surface area contributed by atoms with Crippen molar-refractivity contribution in [3.05, 3.63) is 29.3 Å². The zero-order valence-corrected chi connectivity index (χ0v) is 17.1. The van der Waals surface area contributed by atoms with E-state index in [1.54, 1.807) is 12.1 Å². The van der Waals surface area contributed by atoms with Crippen molar-refractivity contribution >= 4 is 12.1 Å². The second-order valence-corrected chi connectivity index (χ2v) is 8.19. The number of hydrogen-bond acceptors (Lipinski definition) is 3. The van der Waals surface area contributed by atoms with Gasteiger partial charge >= 0.3 is 0 Å². The Labute approximate surface area is 159 Å². The number of aldehydes is 1. The molecule has 0 aliphatic heterocycles. The van der Waals surface area contributed by atoms with Crippen molar-refractivity contribution in [1.29, 1.82) is 0 Å². The summed E-state index contributed by atoms with van der Waals surface area (Å²) in [5.74, 6) is 1.37. The van der Waals surface area contributed by atoms with Gasteiger partial charge in [-0.1, -0.05) is 59.9 Å². The standard InChI is InChI=1S/C23H36O3/c1-6-7-8-19(10-9-16(2)3)23(26)18(5)13-17(4)20-11-12-22(25)21(14-20)15-24/h11-12,14-19,25H,6-10,13H2,1-5H3/t17?,18-,19-/m1/s1. The molecule has 0 spiro atoms. The van der Waals surface area contributed by atoms with Gasteiger partial charge in [-0.25, -0.2) is 0 Å². The molecule has 0 aromatic heterocycles. The molecular weight excluding hydrogens is 324 g/mol. The second kappa shape index (κ2) is 11.2. The van der Waals surface area contributed by atoms with Gasteiger partial charge < -0.3 is 5.11 Å². The van der Waals surface area contributed by atoms with Crippen LogP contribution in [-0.4, -0.2) is 17.2 Å². The summed E-state index contributed by atoms with van der Waals surface area (Å²) in [6.45, 7) is 10.7. The van der Waals surface area contributed by atoms with E-state index in [0.29, 0.717) is 23.6 Å². The molecule has 26 heavy (non-hydrogen) atoms. The van der Waals surface area contributed by atoms with Gasteiger partial charge in [-0.2, -0.15) is 0 Å². The fraction of sp³-hybridized carbons (Fsp3) is 0.652. The molecule has 1 aromatic carbocycles. The highest BCUT2D eigenvalue weighted by Crippen LogP contribution is 2.30. The summed E-state index contributed by atoms with van der Waals surface area (Å²) in [5, 5.41) is 9.66. The number of carbonyl (C=O) groups is 2. The Hall–Kier alpha value is -1.64. The fourth-order valence-corrected chi connectivity index (χ4v) is 3.57. The van der Waals surface area contributed by atoms with Gasteiger partial charge in [0.05, 0.1) is 5.56 Å². The van der Waals surface area contributed by atoms with Crippen LogP contribution in [0.2, 0.25) is 0 Å². The van der Waals surface area contributed by atoms with Crippen molar-refractivity contribution < 1.29 is 14.7 Å². The number of carbonyl (C=O) groups excluding carboxylic acids is 2. The normalized spacial score (nSPS) is 14.8. The van der Waals surface area contributed by atoms with Crippen LogP contribution in [0.25, 0.3) is 0 Å². The molecule has 1 unspecified atom stereocenters. The summed E-state index contributed by atoms with van der Waals surface area (Å²) in [6.07, 6.45) is 6.76. The number of ketones is 1. The third-order valence-electron chi connectivity index (χ3n) is 5.34. The average molecular weight is 361 g/mol. The van der Waals surface area contributed by atoms with E-state index in [4.69, 9.17) is 0 Å². The Bertz CT molecular complexity index is 577. The maximum atomic E-state index is 13.0. The van der Waals surface area contributed by atoms with Gasteiger partial charge in [0.2, 0.25) is 0 Å². The molecular formula is C23H36O3. The summed E-state index contributed by atoms with van der Waals surface area (Å²) < 4.78 is 0. The maximum Gasteiger partial charge on any atom is 0.153 e. The summed E-state index contributed by atoms with van der Waals surface area (Å²) in [7, 11) is 0. The molecule has 1 N–H and O–H groups in total. The van der Waals surface area contributed by atoms with Crippen LogP contribution in [0.5, 0.6) is 5.75 Å². The first-order chi connectivity index (χ1) is 12.3. The summed E-state index contributed by atoms with van der Waals surface area (Å²) in [5.41, 5.74) is 1.31. The molecule has 0 amide bonds. The highest BCUT2D eigenvalue weighted by molar-refractivity contribution is 5.83. The molecule has 1 aromatic rings. The zero-order valence-electron chi connectivity index (χ0n) is 17.1. The van der Waals surface area contributed by atoms with Crippen LogP contribution in [0.15, 0.2) is 18.2 Å². The lowest BCUT2D eigenvalue weighted by Crippen LogP contribution is -2.23. The molecule has 0 radical (unpaired) electrons. The number of Topliss-reactive ketones (excluding diaryl/α,β-unsaturated/α-hetero) is 1. The van der Waals surface area contributed by atoms with Crippen LogP contribution in [0.4, 0.5) is 0 Å². The Kier molecular flexibility index (Phi) is 9.61. The summed E-state index contributed by atoms with van der Waals surface area (Å²) in [4.78, 5) is 24.0. The molecule has 3 nitrogen and oxygen atoms in total. The number of aromatic hydroxyl groups is 1.